The fourth-order valence-electron chi connectivity index (χ4n) is 1.40. The van der Waals surface area contributed by atoms with E-state index in [1.807, 2.05) is 6.92 Å². The SMILES string of the molecule is Cc1cc(Cl)ccc1Oc1cnccc1C#N. The molecule has 0 saturated heterocycles. The average molecular weight is 245 g/mol. The molecule has 0 fully saturated rings. The highest BCUT2D eigenvalue weighted by Gasteiger charge is 2.06. The summed E-state index contributed by atoms with van der Waals surface area (Å²) < 4.78 is 5.64. The Morgan fingerprint density at radius 1 is 1.29 bits per heavy atom. The Morgan fingerprint density at radius 2 is 2.12 bits per heavy atom. The van der Waals surface area contributed by atoms with Crippen molar-refractivity contribution in [2.45, 2.75) is 6.92 Å². The zero-order valence-corrected chi connectivity index (χ0v) is 9.90. The highest BCUT2D eigenvalue weighted by molar-refractivity contribution is 6.30. The van der Waals surface area contributed by atoms with E-state index in [-0.39, 0.29) is 0 Å². The van der Waals surface area contributed by atoms with Gasteiger partial charge in [0, 0.05) is 11.2 Å². The predicted molar refractivity (Wildman–Crippen MR) is 65.2 cm³/mol. The summed E-state index contributed by atoms with van der Waals surface area (Å²) in [5, 5.41) is 9.59. The van der Waals surface area contributed by atoms with E-state index in [1.54, 1.807) is 30.5 Å². The largest absolute Gasteiger partial charge is 0.454 e. The molecule has 1 heterocycles. The van der Waals surface area contributed by atoms with Crippen molar-refractivity contribution in [1.82, 2.24) is 4.98 Å². The first-order chi connectivity index (χ1) is 8.20. The van der Waals surface area contributed by atoms with Crippen LogP contribution in [0.5, 0.6) is 11.5 Å². The van der Waals surface area contributed by atoms with E-state index in [2.05, 4.69) is 11.1 Å². The van der Waals surface area contributed by atoms with E-state index >= 15 is 0 Å². The summed E-state index contributed by atoms with van der Waals surface area (Å²) in [7, 11) is 0. The minimum atomic E-state index is 0.445. The zero-order chi connectivity index (χ0) is 12.3. The Hall–Kier alpha value is -2.05. The lowest BCUT2D eigenvalue weighted by atomic mass is 10.2. The molecule has 4 heteroatoms. The molecule has 0 N–H and O–H groups in total. The highest BCUT2D eigenvalue weighted by Crippen LogP contribution is 2.28. The Labute approximate surface area is 104 Å². The van der Waals surface area contributed by atoms with Gasteiger partial charge >= 0.3 is 0 Å². The van der Waals surface area contributed by atoms with Crippen LogP contribution < -0.4 is 4.74 Å². The first-order valence-corrected chi connectivity index (χ1v) is 5.36. The molecule has 0 amide bonds. The molecule has 2 aromatic rings. The van der Waals surface area contributed by atoms with Crippen LogP contribution in [0.2, 0.25) is 5.02 Å². The van der Waals surface area contributed by atoms with Gasteiger partial charge in [-0.05, 0) is 36.8 Å². The van der Waals surface area contributed by atoms with Crippen LogP contribution in [0.25, 0.3) is 0 Å². The molecule has 0 spiro atoms. The second-order valence-corrected chi connectivity index (χ2v) is 3.93. The lowest BCUT2D eigenvalue weighted by Gasteiger charge is -2.09. The van der Waals surface area contributed by atoms with Crippen LogP contribution in [0, 0.1) is 18.3 Å². The fourth-order valence-corrected chi connectivity index (χ4v) is 1.63. The van der Waals surface area contributed by atoms with Crippen LogP contribution in [0.1, 0.15) is 11.1 Å². The minimum absolute atomic E-state index is 0.445. The van der Waals surface area contributed by atoms with Crippen molar-refractivity contribution in [2.75, 3.05) is 0 Å². The fraction of sp³-hybridized carbons (Fsp3) is 0.0769. The number of ether oxygens (including phenoxy) is 1. The molecule has 0 saturated carbocycles. The van der Waals surface area contributed by atoms with Crippen molar-refractivity contribution >= 4 is 11.6 Å². The number of rotatable bonds is 2. The van der Waals surface area contributed by atoms with Crippen LogP contribution in [-0.4, -0.2) is 4.98 Å². The molecule has 0 aliphatic rings. The maximum atomic E-state index is 8.93. The number of hydrogen-bond donors (Lipinski definition) is 0. The van der Waals surface area contributed by atoms with Crippen LogP contribution >= 0.6 is 11.6 Å². The predicted octanol–water partition coefficient (Wildman–Crippen LogP) is 3.71. The van der Waals surface area contributed by atoms with Crippen LogP contribution in [0.15, 0.2) is 36.7 Å². The third kappa shape index (κ3) is 2.55. The number of halogens is 1. The van der Waals surface area contributed by atoms with Gasteiger partial charge in [-0.2, -0.15) is 5.26 Å². The number of aryl methyl sites for hydroxylation is 1. The standard InChI is InChI=1S/C13H9ClN2O/c1-9-6-11(14)2-3-12(9)17-13-8-16-5-4-10(13)7-15/h2-6,8H,1H3. The Morgan fingerprint density at radius 3 is 2.82 bits per heavy atom. The molecule has 3 nitrogen and oxygen atoms in total. The van der Waals surface area contributed by atoms with Gasteiger partial charge in [-0.1, -0.05) is 11.6 Å². The monoisotopic (exact) mass is 244 g/mol. The highest BCUT2D eigenvalue weighted by atomic mass is 35.5. The van der Waals surface area contributed by atoms with E-state index < -0.39 is 0 Å². The molecule has 17 heavy (non-hydrogen) atoms. The molecule has 2 rings (SSSR count). The third-order valence-electron chi connectivity index (χ3n) is 2.26. The summed E-state index contributed by atoms with van der Waals surface area (Å²) in [6, 6.07) is 8.98. The van der Waals surface area contributed by atoms with Gasteiger partial charge in [-0.3, -0.25) is 4.98 Å². The molecule has 0 bridgehead atoms. The van der Waals surface area contributed by atoms with Crippen molar-refractivity contribution in [3.8, 4) is 17.6 Å². The van der Waals surface area contributed by atoms with Gasteiger partial charge in [0.1, 0.15) is 11.8 Å². The van der Waals surface area contributed by atoms with Crippen molar-refractivity contribution in [3.05, 3.63) is 52.8 Å². The quantitative estimate of drug-likeness (QED) is 0.809. The van der Waals surface area contributed by atoms with Crippen molar-refractivity contribution in [1.29, 1.82) is 5.26 Å². The van der Waals surface area contributed by atoms with E-state index in [0.29, 0.717) is 22.1 Å². The third-order valence-corrected chi connectivity index (χ3v) is 2.50. The number of pyridine rings is 1. The van der Waals surface area contributed by atoms with Crippen LogP contribution in [-0.2, 0) is 0 Å². The number of nitrogens with zero attached hydrogens (tertiary/aromatic N) is 2. The van der Waals surface area contributed by atoms with Crippen molar-refractivity contribution in [3.63, 3.8) is 0 Å². The number of aromatic nitrogens is 1. The molecule has 0 unspecified atom stereocenters. The van der Waals surface area contributed by atoms with Crippen LogP contribution in [0.4, 0.5) is 0 Å². The van der Waals surface area contributed by atoms with Gasteiger partial charge in [-0.15, -0.1) is 0 Å². The summed E-state index contributed by atoms with van der Waals surface area (Å²) in [5.41, 5.74) is 1.36. The Kier molecular flexibility index (Phi) is 3.27. The molecule has 0 aliphatic carbocycles. The van der Waals surface area contributed by atoms with Crippen LogP contribution in [0.3, 0.4) is 0 Å². The maximum Gasteiger partial charge on any atom is 0.163 e. The summed E-state index contributed by atoms with van der Waals surface area (Å²) in [4.78, 5) is 3.93. The Bertz CT molecular complexity index is 590. The number of benzene rings is 1. The second-order valence-electron chi connectivity index (χ2n) is 3.50. The van der Waals surface area contributed by atoms with Gasteiger partial charge in [-0.25, -0.2) is 0 Å². The summed E-state index contributed by atoms with van der Waals surface area (Å²) in [6.45, 7) is 1.89. The first-order valence-electron chi connectivity index (χ1n) is 4.99. The average Bonchev–Trinajstić information content (AvgIpc) is 2.33. The van der Waals surface area contributed by atoms with Gasteiger partial charge in [0.25, 0.3) is 0 Å². The summed E-state index contributed by atoms with van der Waals surface area (Å²) >= 11 is 5.86. The summed E-state index contributed by atoms with van der Waals surface area (Å²) in [5.74, 6) is 1.11. The van der Waals surface area contributed by atoms with Gasteiger partial charge in [0.05, 0.1) is 11.8 Å². The molecular formula is C13H9ClN2O. The molecule has 1 aromatic carbocycles. The number of hydrogen-bond acceptors (Lipinski definition) is 3. The first kappa shape index (κ1) is 11.4. The zero-order valence-electron chi connectivity index (χ0n) is 9.14. The van der Waals surface area contributed by atoms with Gasteiger partial charge < -0.3 is 4.74 Å². The van der Waals surface area contributed by atoms with E-state index in [4.69, 9.17) is 21.6 Å². The molecular weight excluding hydrogens is 236 g/mol. The smallest absolute Gasteiger partial charge is 0.163 e. The van der Waals surface area contributed by atoms with E-state index in [9.17, 15) is 0 Å². The molecule has 0 aliphatic heterocycles. The molecule has 1 aromatic heterocycles. The molecule has 84 valence electrons. The van der Waals surface area contributed by atoms with Gasteiger partial charge in [0.15, 0.2) is 5.75 Å². The van der Waals surface area contributed by atoms with Gasteiger partial charge in [0.2, 0.25) is 0 Å². The maximum absolute atomic E-state index is 8.93. The topological polar surface area (TPSA) is 45.9 Å². The minimum Gasteiger partial charge on any atom is -0.454 e. The molecule has 0 radical (unpaired) electrons. The second kappa shape index (κ2) is 4.86. The van der Waals surface area contributed by atoms with E-state index in [1.165, 1.54) is 6.20 Å². The van der Waals surface area contributed by atoms with Crippen molar-refractivity contribution in [2.24, 2.45) is 0 Å². The lowest BCUT2D eigenvalue weighted by molar-refractivity contribution is 0.475. The van der Waals surface area contributed by atoms with Crippen molar-refractivity contribution < 1.29 is 4.74 Å². The summed E-state index contributed by atoms with van der Waals surface area (Å²) in [6.07, 6.45) is 3.08. The number of nitriles is 1. The molecule has 0 atom stereocenters. The Balaban J connectivity index is 2.35. The lowest BCUT2D eigenvalue weighted by Crippen LogP contribution is -1.91. The van der Waals surface area contributed by atoms with E-state index in [0.717, 1.165) is 5.56 Å². The normalized spacial score (nSPS) is 9.71.